The lowest BCUT2D eigenvalue weighted by atomic mass is 9.68. The molecule has 0 radical (unpaired) electrons. The molecule has 0 aromatic carbocycles. The Morgan fingerprint density at radius 2 is 1.90 bits per heavy atom. The van der Waals surface area contributed by atoms with E-state index in [0.717, 1.165) is 19.3 Å². The monoisotopic (exact) mass is 292 g/mol. The first kappa shape index (κ1) is 13.8. The van der Waals surface area contributed by atoms with E-state index in [9.17, 15) is 4.79 Å². The fourth-order valence-corrected chi connectivity index (χ4v) is 5.16. The highest BCUT2D eigenvalue weighted by Crippen LogP contribution is 2.62. The molecule has 4 heteroatoms. The third-order valence-corrected chi connectivity index (χ3v) is 6.41. The highest BCUT2D eigenvalue weighted by molar-refractivity contribution is 5.75. The standard InChI is InChI=1S/C17H24O4/c1-10-4-5-12-11(2)15(18)21-14(12)16(3)13(10)6-7-17(16)19-8-9-20-17/h6,10-12,14H,4-5,7-9H2,1-3H3/t10-,11-,12-,14+,16+/m0/s1. The third-order valence-electron chi connectivity index (χ3n) is 6.41. The van der Waals surface area contributed by atoms with Gasteiger partial charge in [-0.15, -0.1) is 0 Å². The number of hydrogen-bond acceptors (Lipinski definition) is 4. The van der Waals surface area contributed by atoms with Crippen LogP contribution < -0.4 is 0 Å². The molecule has 1 saturated carbocycles. The molecule has 2 heterocycles. The van der Waals surface area contributed by atoms with E-state index < -0.39 is 5.79 Å². The molecular weight excluding hydrogens is 268 g/mol. The van der Waals surface area contributed by atoms with Crippen molar-refractivity contribution in [1.29, 1.82) is 0 Å². The molecule has 0 N–H and O–H groups in total. The van der Waals surface area contributed by atoms with E-state index in [1.165, 1.54) is 5.57 Å². The molecule has 0 aromatic heterocycles. The number of fused-ring (bicyclic) bond motifs is 4. The minimum atomic E-state index is -0.617. The number of ether oxygens (including phenoxy) is 3. The Balaban J connectivity index is 1.83. The van der Waals surface area contributed by atoms with Gasteiger partial charge >= 0.3 is 5.97 Å². The molecule has 2 aliphatic carbocycles. The summed E-state index contributed by atoms with van der Waals surface area (Å²) in [7, 11) is 0. The average Bonchev–Trinajstić information content (AvgIpc) is 3.10. The summed E-state index contributed by atoms with van der Waals surface area (Å²) >= 11 is 0. The van der Waals surface area contributed by atoms with Gasteiger partial charge in [-0.2, -0.15) is 0 Å². The summed E-state index contributed by atoms with van der Waals surface area (Å²) in [6.07, 6.45) is 5.10. The molecule has 0 amide bonds. The van der Waals surface area contributed by atoms with Crippen molar-refractivity contribution in [1.82, 2.24) is 0 Å². The van der Waals surface area contributed by atoms with Crippen LogP contribution in [0.2, 0.25) is 0 Å². The molecule has 4 aliphatic rings. The van der Waals surface area contributed by atoms with Crippen LogP contribution >= 0.6 is 0 Å². The fourth-order valence-electron chi connectivity index (χ4n) is 5.16. The van der Waals surface area contributed by atoms with Gasteiger partial charge in [-0.25, -0.2) is 0 Å². The average molecular weight is 292 g/mol. The fraction of sp³-hybridized carbons (Fsp3) is 0.824. The summed E-state index contributed by atoms with van der Waals surface area (Å²) in [4.78, 5) is 12.1. The molecule has 116 valence electrons. The number of rotatable bonds is 0. The lowest BCUT2D eigenvalue weighted by Gasteiger charge is -2.45. The Morgan fingerprint density at radius 3 is 2.62 bits per heavy atom. The summed E-state index contributed by atoms with van der Waals surface area (Å²) in [6, 6.07) is 0. The second kappa shape index (κ2) is 4.32. The van der Waals surface area contributed by atoms with Gasteiger partial charge in [0.15, 0.2) is 5.79 Å². The van der Waals surface area contributed by atoms with E-state index >= 15 is 0 Å². The topological polar surface area (TPSA) is 44.8 Å². The zero-order chi connectivity index (χ0) is 14.8. The lowest BCUT2D eigenvalue weighted by Crippen LogP contribution is -2.54. The Kier molecular flexibility index (Phi) is 2.84. The van der Waals surface area contributed by atoms with Crippen molar-refractivity contribution in [2.75, 3.05) is 13.2 Å². The van der Waals surface area contributed by atoms with E-state index in [2.05, 4.69) is 19.9 Å². The Bertz CT molecular complexity index is 505. The van der Waals surface area contributed by atoms with Crippen molar-refractivity contribution in [2.45, 2.75) is 51.9 Å². The van der Waals surface area contributed by atoms with Crippen LogP contribution in [-0.2, 0) is 19.0 Å². The maximum Gasteiger partial charge on any atom is 0.309 e. The molecule has 5 atom stereocenters. The predicted octanol–water partition coefficient (Wildman–Crippen LogP) is 2.67. The van der Waals surface area contributed by atoms with Gasteiger partial charge in [0.05, 0.1) is 24.5 Å². The number of carbonyl (C=O) groups is 1. The van der Waals surface area contributed by atoms with Crippen LogP contribution in [0.5, 0.6) is 0 Å². The van der Waals surface area contributed by atoms with Crippen molar-refractivity contribution in [2.24, 2.45) is 23.2 Å². The largest absolute Gasteiger partial charge is 0.461 e. The van der Waals surface area contributed by atoms with Crippen molar-refractivity contribution in [3.63, 3.8) is 0 Å². The van der Waals surface area contributed by atoms with Gasteiger partial charge in [-0.05, 0) is 25.7 Å². The SMILES string of the molecule is C[C@@H]1C(=O)O[C@@H]2[C@H]1CC[C@H](C)C1=CCC3(OCCO3)[C@]12C. The van der Waals surface area contributed by atoms with E-state index in [1.54, 1.807) is 0 Å². The number of esters is 1. The van der Waals surface area contributed by atoms with Gasteiger partial charge in [0.2, 0.25) is 0 Å². The predicted molar refractivity (Wildman–Crippen MR) is 76.4 cm³/mol. The zero-order valence-corrected chi connectivity index (χ0v) is 13.1. The van der Waals surface area contributed by atoms with Gasteiger partial charge in [0, 0.05) is 12.3 Å². The maximum atomic E-state index is 12.1. The van der Waals surface area contributed by atoms with Crippen molar-refractivity contribution < 1.29 is 19.0 Å². The Morgan fingerprint density at radius 1 is 1.19 bits per heavy atom. The molecule has 0 aromatic rings. The number of hydrogen-bond donors (Lipinski definition) is 0. The minimum absolute atomic E-state index is 0.0163. The highest BCUT2D eigenvalue weighted by atomic mass is 16.7. The Labute approximate surface area is 125 Å². The van der Waals surface area contributed by atoms with Crippen LogP contribution in [0.1, 0.15) is 40.0 Å². The van der Waals surface area contributed by atoms with E-state index in [4.69, 9.17) is 14.2 Å². The summed E-state index contributed by atoms with van der Waals surface area (Å²) in [5.74, 6) is 0.0867. The quantitative estimate of drug-likeness (QED) is 0.508. The summed E-state index contributed by atoms with van der Waals surface area (Å²) < 4.78 is 18.1. The molecule has 2 aliphatic heterocycles. The normalized spacial score (nSPS) is 47.8. The molecule has 3 fully saturated rings. The van der Waals surface area contributed by atoms with Gasteiger partial charge in [0.25, 0.3) is 0 Å². The van der Waals surface area contributed by atoms with Gasteiger partial charge in [0.1, 0.15) is 6.10 Å². The van der Waals surface area contributed by atoms with E-state index in [1.807, 2.05) is 6.92 Å². The molecular formula is C17H24O4. The smallest absolute Gasteiger partial charge is 0.309 e. The second-order valence-electron chi connectivity index (χ2n) is 7.30. The van der Waals surface area contributed by atoms with Crippen molar-refractivity contribution in [3.8, 4) is 0 Å². The van der Waals surface area contributed by atoms with Crippen LogP contribution in [-0.4, -0.2) is 31.1 Å². The first-order valence-electron chi connectivity index (χ1n) is 8.18. The van der Waals surface area contributed by atoms with Crippen molar-refractivity contribution in [3.05, 3.63) is 11.6 Å². The summed E-state index contributed by atoms with van der Waals surface area (Å²) in [6.45, 7) is 7.75. The van der Waals surface area contributed by atoms with Gasteiger partial charge in [-0.3, -0.25) is 4.79 Å². The van der Waals surface area contributed by atoms with Crippen LogP contribution in [0.15, 0.2) is 11.6 Å². The van der Waals surface area contributed by atoms with Crippen LogP contribution in [0.3, 0.4) is 0 Å². The molecule has 2 saturated heterocycles. The Hall–Kier alpha value is -0.870. The van der Waals surface area contributed by atoms with Crippen LogP contribution in [0, 0.1) is 23.2 Å². The zero-order valence-electron chi connectivity index (χ0n) is 13.1. The second-order valence-corrected chi connectivity index (χ2v) is 7.30. The summed E-state index contributed by atoms with van der Waals surface area (Å²) in [5, 5.41) is 0. The molecule has 0 unspecified atom stereocenters. The molecule has 21 heavy (non-hydrogen) atoms. The molecule has 4 nitrogen and oxygen atoms in total. The van der Waals surface area contributed by atoms with Gasteiger partial charge < -0.3 is 14.2 Å². The highest BCUT2D eigenvalue weighted by Gasteiger charge is 2.67. The lowest BCUT2D eigenvalue weighted by molar-refractivity contribution is -0.240. The van der Waals surface area contributed by atoms with E-state index in [-0.39, 0.29) is 29.3 Å². The molecule has 1 spiro atoms. The number of carbonyl (C=O) groups excluding carboxylic acids is 1. The van der Waals surface area contributed by atoms with Crippen LogP contribution in [0.4, 0.5) is 0 Å². The van der Waals surface area contributed by atoms with Gasteiger partial charge in [-0.1, -0.05) is 25.5 Å². The molecule has 0 bridgehead atoms. The van der Waals surface area contributed by atoms with Crippen LogP contribution in [0.25, 0.3) is 0 Å². The first-order chi connectivity index (χ1) is 9.99. The molecule has 4 rings (SSSR count). The maximum absolute atomic E-state index is 12.1. The van der Waals surface area contributed by atoms with Crippen molar-refractivity contribution >= 4 is 5.97 Å². The minimum Gasteiger partial charge on any atom is -0.461 e. The van der Waals surface area contributed by atoms with E-state index in [0.29, 0.717) is 19.1 Å². The third kappa shape index (κ3) is 1.55. The summed E-state index contributed by atoms with van der Waals surface area (Å²) in [5.41, 5.74) is 1.03. The first-order valence-corrected chi connectivity index (χ1v) is 8.18.